The van der Waals surface area contributed by atoms with E-state index in [0.29, 0.717) is 32.2 Å². The molecule has 1 saturated heterocycles. The highest BCUT2D eigenvalue weighted by Crippen LogP contribution is 2.29. The zero-order valence-electron chi connectivity index (χ0n) is 16.5. The van der Waals surface area contributed by atoms with E-state index in [1.54, 1.807) is 4.90 Å². The quantitative estimate of drug-likeness (QED) is 0.827. The van der Waals surface area contributed by atoms with Crippen molar-refractivity contribution in [2.45, 2.75) is 71.9 Å². The molecule has 6 heteroatoms. The molecule has 2 aliphatic rings. The normalized spacial score (nSPS) is 25.0. The molecule has 2 fully saturated rings. The number of rotatable bonds is 2. The molecule has 2 rings (SSSR count). The monoisotopic (exact) mass is 353 g/mol. The molecular formula is C19H35N3O3. The maximum absolute atomic E-state index is 12.5. The maximum Gasteiger partial charge on any atom is 0.410 e. The molecule has 0 unspecified atom stereocenters. The average Bonchev–Trinajstić information content (AvgIpc) is 2.54. The Bertz CT molecular complexity index is 457. The van der Waals surface area contributed by atoms with Gasteiger partial charge in [-0.25, -0.2) is 9.59 Å². The van der Waals surface area contributed by atoms with Crippen LogP contribution < -0.4 is 5.32 Å². The van der Waals surface area contributed by atoms with Crippen molar-refractivity contribution in [2.75, 3.05) is 26.2 Å². The maximum atomic E-state index is 12.5. The van der Waals surface area contributed by atoms with E-state index in [9.17, 15) is 9.59 Å². The fourth-order valence-corrected chi connectivity index (χ4v) is 3.61. The van der Waals surface area contributed by atoms with Gasteiger partial charge in [-0.1, -0.05) is 13.8 Å². The smallest absolute Gasteiger partial charge is 0.410 e. The van der Waals surface area contributed by atoms with Gasteiger partial charge in [-0.05, 0) is 58.3 Å². The van der Waals surface area contributed by atoms with Crippen LogP contribution >= 0.6 is 0 Å². The van der Waals surface area contributed by atoms with Gasteiger partial charge >= 0.3 is 12.1 Å². The molecule has 1 saturated carbocycles. The Morgan fingerprint density at radius 2 is 1.48 bits per heavy atom. The second-order valence-corrected chi connectivity index (χ2v) is 8.76. The minimum atomic E-state index is -0.486. The summed E-state index contributed by atoms with van der Waals surface area (Å²) < 4.78 is 5.39. The van der Waals surface area contributed by atoms with Crippen molar-refractivity contribution in [1.29, 1.82) is 0 Å². The second kappa shape index (κ2) is 8.28. The molecule has 0 aromatic carbocycles. The standard InChI is InChI=1S/C19H35N3O3/c1-14(2)15-6-8-16(9-7-15)20-17(23)21-10-12-22(13-11-21)18(24)25-19(3,4)5/h14-16H,6-13H2,1-5H3,(H,20,23). The topological polar surface area (TPSA) is 61.9 Å². The van der Waals surface area contributed by atoms with E-state index in [1.807, 2.05) is 25.7 Å². The van der Waals surface area contributed by atoms with Crippen LogP contribution in [0.15, 0.2) is 0 Å². The third-order valence-corrected chi connectivity index (χ3v) is 5.26. The summed E-state index contributed by atoms with van der Waals surface area (Å²) in [6.07, 6.45) is 4.27. The van der Waals surface area contributed by atoms with Crippen molar-refractivity contribution in [3.8, 4) is 0 Å². The van der Waals surface area contributed by atoms with Gasteiger partial charge in [-0.2, -0.15) is 0 Å². The lowest BCUT2D eigenvalue weighted by atomic mass is 9.80. The Labute approximate surface area is 152 Å². The number of hydrogen-bond donors (Lipinski definition) is 1. The minimum Gasteiger partial charge on any atom is -0.444 e. The van der Waals surface area contributed by atoms with Crippen LogP contribution in [0.4, 0.5) is 9.59 Å². The molecule has 25 heavy (non-hydrogen) atoms. The summed E-state index contributed by atoms with van der Waals surface area (Å²) in [7, 11) is 0. The number of carbonyl (C=O) groups excluding carboxylic acids is 2. The van der Waals surface area contributed by atoms with Crippen LogP contribution in [0.25, 0.3) is 0 Å². The van der Waals surface area contributed by atoms with E-state index in [0.717, 1.165) is 24.7 Å². The van der Waals surface area contributed by atoms with Gasteiger partial charge in [-0.3, -0.25) is 0 Å². The molecular weight excluding hydrogens is 318 g/mol. The number of piperazine rings is 1. The Morgan fingerprint density at radius 1 is 0.960 bits per heavy atom. The Morgan fingerprint density at radius 3 is 1.96 bits per heavy atom. The van der Waals surface area contributed by atoms with E-state index in [4.69, 9.17) is 4.74 Å². The largest absolute Gasteiger partial charge is 0.444 e. The highest BCUT2D eigenvalue weighted by atomic mass is 16.6. The van der Waals surface area contributed by atoms with Gasteiger partial charge in [0.15, 0.2) is 0 Å². The fraction of sp³-hybridized carbons (Fsp3) is 0.895. The van der Waals surface area contributed by atoms with Crippen molar-refractivity contribution in [1.82, 2.24) is 15.1 Å². The highest BCUT2D eigenvalue weighted by Gasteiger charge is 2.29. The van der Waals surface area contributed by atoms with Gasteiger partial charge in [0, 0.05) is 32.2 Å². The first-order valence-electron chi connectivity index (χ1n) is 9.69. The van der Waals surface area contributed by atoms with Gasteiger partial charge in [0.2, 0.25) is 0 Å². The SMILES string of the molecule is CC(C)C1CCC(NC(=O)N2CCN(C(=O)OC(C)(C)C)CC2)CC1. The minimum absolute atomic E-state index is 0.0110. The average molecular weight is 354 g/mol. The predicted octanol–water partition coefficient (Wildman–Crippen LogP) is 3.46. The Balaban J connectivity index is 1.72. The van der Waals surface area contributed by atoms with Crippen molar-refractivity contribution in [2.24, 2.45) is 11.8 Å². The predicted molar refractivity (Wildman–Crippen MR) is 98.5 cm³/mol. The molecule has 1 aliphatic carbocycles. The number of amides is 3. The summed E-state index contributed by atoms with van der Waals surface area (Å²) in [5.74, 6) is 1.53. The lowest BCUT2D eigenvalue weighted by molar-refractivity contribution is 0.0168. The molecule has 0 aromatic heterocycles. The van der Waals surface area contributed by atoms with Gasteiger partial charge in [-0.15, -0.1) is 0 Å². The summed E-state index contributed by atoms with van der Waals surface area (Å²) in [5.41, 5.74) is -0.486. The van der Waals surface area contributed by atoms with Crippen LogP contribution in [0.3, 0.4) is 0 Å². The highest BCUT2D eigenvalue weighted by molar-refractivity contribution is 5.75. The number of nitrogens with one attached hydrogen (secondary N) is 1. The summed E-state index contributed by atoms with van der Waals surface area (Å²) in [6.45, 7) is 12.3. The van der Waals surface area contributed by atoms with Gasteiger partial charge in [0.25, 0.3) is 0 Å². The summed E-state index contributed by atoms with van der Waals surface area (Å²) >= 11 is 0. The van der Waals surface area contributed by atoms with Crippen LogP contribution in [0.1, 0.15) is 60.3 Å². The molecule has 0 atom stereocenters. The molecule has 0 bridgehead atoms. The van der Waals surface area contributed by atoms with Crippen molar-refractivity contribution < 1.29 is 14.3 Å². The zero-order valence-corrected chi connectivity index (χ0v) is 16.5. The molecule has 144 valence electrons. The number of ether oxygens (including phenoxy) is 1. The van der Waals surface area contributed by atoms with Crippen molar-refractivity contribution >= 4 is 12.1 Å². The molecule has 6 nitrogen and oxygen atoms in total. The van der Waals surface area contributed by atoms with Crippen LogP contribution in [-0.2, 0) is 4.74 Å². The van der Waals surface area contributed by atoms with Crippen LogP contribution in [-0.4, -0.2) is 59.7 Å². The Hall–Kier alpha value is -1.46. The number of nitrogens with zero attached hydrogens (tertiary/aromatic N) is 2. The summed E-state index contributed by atoms with van der Waals surface area (Å²) in [6, 6.07) is 0.309. The lowest BCUT2D eigenvalue weighted by Crippen LogP contribution is -2.55. The second-order valence-electron chi connectivity index (χ2n) is 8.76. The number of hydrogen-bond acceptors (Lipinski definition) is 3. The molecule has 1 aliphatic heterocycles. The molecule has 1 heterocycles. The molecule has 0 aromatic rings. The third-order valence-electron chi connectivity index (χ3n) is 5.26. The first-order chi connectivity index (χ1) is 11.7. The fourth-order valence-electron chi connectivity index (χ4n) is 3.61. The van der Waals surface area contributed by atoms with E-state index in [-0.39, 0.29) is 12.1 Å². The van der Waals surface area contributed by atoms with Crippen LogP contribution in [0.5, 0.6) is 0 Å². The molecule has 1 N–H and O–H groups in total. The molecule has 0 radical (unpaired) electrons. The van der Waals surface area contributed by atoms with E-state index in [2.05, 4.69) is 19.2 Å². The van der Waals surface area contributed by atoms with E-state index >= 15 is 0 Å². The van der Waals surface area contributed by atoms with Crippen molar-refractivity contribution in [3.63, 3.8) is 0 Å². The molecule has 0 spiro atoms. The number of carbonyl (C=O) groups is 2. The first kappa shape index (κ1) is 19.9. The lowest BCUT2D eigenvalue weighted by Gasteiger charge is -2.37. The zero-order chi connectivity index (χ0) is 18.6. The van der Waals surface area contributed by atoms with Gasteiger partial charge < -0.3 is 19.9 Å². The summed E-state index contributed by atoms with van der Waals surface area (Å²) in [4.78, 5) is 28.0. The third kappa shape index (κ3) is 6.08. The number of urea groups is 1. The Kier molecular flexibility index (Phi) is 6.58. The van der Waals surface area contributed by atoms with E-state index < -0.39 is 5.60 Å². The van der Waals surface area contributed by atoms with Gasteiger partial charge in [0.05, 0.1) is 0 Å². The van der Waals surface area contributed by atoms with Crippen LogP contribution in [0, 0.1) is 11.8 Å². The van der Waals surface area contributed by atoms with Crippen molar-refractivity contribution in [3.05, 3.63) is 0 Å². The summed E-state index contributed by atoms with van der Waals surface area (Å²) in [5, 5.41) is 3.18. The van der Waals surface area contributed by atoms with Gasteiger partial charge in [0.1, 0.15) is 5.60 Å². The van der Waals surface area contributed by atoms with Crippen LogP contribution in [0.2, 0.25) is 0 Å². The first-order valence-corrected chi connectivity index (χ1v) is 9.69. The molecule has 3 amide bonds. The van der Waals surface area contributed by atoms with E-state index in [1.165, 1.54) is 12.8 Å².